The third kappa shape index (κ3) is 3.28. The minimum atomic E-state index is -0.875. The fraction of sp³-hybridized carbons (Fsp3) is 0.600. The topological polar surface area (TPSA) is 62.2 Å². The quantitative estimate of drug-likeness (QED) is 0.808. The van der Waals surface area contributed by atoms with Crippen molar-refractivity contribution in [3.63, 3.8) is 0 Å². The number of hydrogen-bond acceptors (Lipinski definition) is 4. The van der Waals surface area contributed by atoms with Gasteiger partial charge in [-0.25, -0.2) is 9.78 Å². The Morgan fingerprint density at radius 1 is 1.60 bits per heavy atom. The molecular weight excluding hydrogens is 212 g/mol. The first-order valence-electron chi connectivity index (χ1n) is 4.99. The molecular formula is C10H16N2O2S. The van der Waals surface area contributed by atoms with Crippen LogP contribution in [0.25, 0.3) is 0 Å². The molecule has 84 valence electrons. The van der Waals surface area contributed by atoms with Crippen LogP contribution in [0.15, 0.2) is 0 Å². The van der Waals surface area contributed by atoms with Crippen molar-refractivity contribution in [1.82, 2.24) is 10.3 Å². The molecule has 15 heavy (non-hydrogen) atoms. The maximum absolute atomic E-state index is 10.9. The Morgan fingerprint density at radius 3 is 2.67 bits per heavy atom. The lowest BCUT2D eigenvalue weighted by atomic mass is 10.3. The van der Waals surface area contributed by atoms with Gasteiger partial charge in [-0.2, -0.15) is 0 Å². The Bertz CT molecular complexity index is 347. The van der Waals surface area contributed by atoms with Gasteiger partial charge in [-0.1, -0.05) is 20.8 Å². The molecule has 1 rings (SSSR count). The van der Waals surface area contributed by atoms with E-state index in [0.29, 0.717) is 29.6 Å². The van der Waals surface area contributed by atoms with Gasteiger partial charge in [0.1, 0.15) is 9.88 Å². The number of thiazole rings is 1. The second-order valence-electron chi connectivity index (χ2n) is 3.58. The van der Waals surface area contributed by atoms with Gasteiger partial charge in [0.15, 0.2) is 0 Å². The molecule has 0 aliphatic carbocycles. The molecule has 5 heteroatoms. The SMILES string of the molecule is CCc1nc(CNC(C)C)sc1C(=O)O. The molecule has 1 aromatic rings. The number of nitrogens with one attached hydrogen (secondary N) is 1. The molecule has 0 saturated heterocycles. The van der Waals surface area contributed by atoms with Gasteiger partial charge in [0, 0.05) is 12.6 Å². The molecule has 0 bridgehead atoms. The van der Waals surface area contributed by atoms with Gasteiger partial charge in [0.2, 0.25) is 0 Å². The summed E-state index contributed by atoms with van der Waals surface area (Å²) in [5, 5.41) is 13.0. The second-order valence-corrected chi connectivity index (χ2v) is 4.66. The first-order valence-corrected chi connectivity index (χ1v) is 5.81. The zero-order valence-electron chi connectivity index (χ0n) is 9.20. The predicted molar refractivity (Wildman–Crippen MR) is 60.4 cm³/mol. The number of carboxylic acid groups (broad SMARTS) is 1. The number of aromatic nitrogens is 1. The van der Waals surface area contributed by atoms with Crippen molar-refractivity contribution in [3.05, 3.63) is 15.6 Å². The Hall–Kier alpha value is -0.940. The summed E-state index contributed by atoms with van der Waals surface area (Å²) in [5.41, 5.74) is 0.688. The van der Waals surface area contributed by atoms with Crippen LogP contribution in [0.2, 0.25) is 0 Å². The van der Waals surface area contributed by atoms with E-state index >= 15 is 0 Å². The molecule has 0 aliphatic heterocycles. The molecule has 1 aromatic heterocycles. The number of aromatic carboxylic acids is 1. The van der Waals surface area contributed by atoms with Crippen LogP contribution in [-0.4, -0.2) is 22.1 Å². The highest BCUT2D eigenvalue weighted by Crippen LogP contribution is 2.19. The highest BCUT2D eigenvalue weighted by molar-refractivity contribution is 7.13. The summed E-state index contributed by atoms with van der Waals surface area (Å²) in [7, 11) is 0. The van der Waals surface area contributed by atoms with Crippen LogP contribution in [-0.2, 0) is 13.0 Å². The number of carbonyl (C=O) groups is 1. The Balaban J connectivity index is 2.78. The van der Waals surface area contributed by atoms with E-state index in [0.717, 1.165) is 5.01 Å². The monoisotopic (exact) mass is 228 g/mol. The Morgan fingerprint density at radius 2 is 2.27 bits per heavy atom. The van der Waals surface area contributed by atoms with E-state index in [1.165, 1.54) is 11.3 Å². The van der Waals surface area contributed by atoms with Gasteiger partial charge in [-0.3, -0.25) is 0 Å². The Kier molecular flexibility index (Phi) is 4.23. The van der Waals surface area contributed by atoms with E-state index < -0.39 is 5.97 Å². The van der Waals surface area contributed by atoms with Crippen molar-refractivity contribution in [2.45, 2.75) is 39.8 Å². The van der Waals surface area contributed by atoms with Gasteiger partial charge in [-0.15, -0.1) is 11.3 Å². The summed E-state index contributed by atoms with van der Waals surface area (Å²) in [6.07, 6.45) is 0.666. The molecule has 0 spiro atoms. The van der Waals surface area contributed by atoms with Gasteiger partial charge >= 0.3 is 5.97 Å². The molecule has 0 aliphatic rings. The van der Waals surface area contributed by atoms with Gasteiger partial charge in [0.25, 0.3) is 0 Å². The third-order valence-electron chi connectivity index (χ3n) is 1.93. The van der Waals surface area contributed by atoms with Crippen molar-refractivity contribution >= 4 is 17.3 Å². The summed E-state index contributed by atoms with van der Waals surface area (Å²) in [4.78, 5) is 15.6. The average molecular weight is 228 g/mol. The van der Waals surface area contributed by atoms with E-state index in [-0.39, 0.29) is 0 Å². The molecule has 0 aromatic carbocycles. The van der Waals surface area contributed by atoms with E-state index in [4.69, 9.17) is 5.11 Å². The number of carboxylic acids is 1. The first-order chi connectivity index (χ1) is 7.04. The minimum absolute atomic E-state index is 0.373. The number of rotatable bonds is 5. The Labute approximate surface area is 93.4 Å². The van der Waals surface area contributed by atoms with Crippen molar-refractivity contribution in [1.29, 1.82) is 0 Å². The van der Waals surface area contributed by atoms with Crippen LogP contribution in [0.4, 0.5) is 0 Å². The zero-order chi connectivity index (χ0) is 11.4. The van der Waals surface area contributed by atoms with E-state index in [2.05, 4.69) is 10.3 Å². The molecule has 0 unspecified atom stereocenters. The second kappa shape index (κ2) is 5.23. The lowest BCUT2D eigenvalue weighted by Crippen LogP contribution is -2.21. The maximum atomic E-state index is 10.9. The fourth-order valence-corrected chi connectivity index (χ4v) is 2.12. The molecule has 0 amide bonds. The van der Waals surface area contributed by atoms with Gasteiger partial charge in [0.05, 0.1) is 5.69 Å². The van der Waals surface area contributed by atoms with Crippen LogP contribution in [0.5, 0.6) is 0 Å². The number of nitrogens with zero attached hydrogens (tertiary/aromatic N) is 1. The van der Waals surface area contributed by atoms with Crippen LogP contribution >= 0.6 is 11.3 Å². The molecule has 0 fully saturated rings. The number of aryl methyl sites for hydroxylation is 1. The van der Waals surface area contributed by atoms with Crippen molar-refractivity contribution in [2.24, 2.45) is 0 Å². The fourth-order valence-electron chi connectivity index (χ4n) is 1.17. The standard InChI is InChI=1S/C10H16N2O2S/c1-4-7-9(10(13)14)15-8(12-7)5-11-6(2)3/h6,11H,4-5H2,1-3H3,(H,13,14). The van der Waals surface area contributed by atoms with Crippen LogP contribution in [0.3, 0.4) is 0 Å². The largest absolute Gasteiger partial charge is 0.477 e. The summed E-state index contributed by atoms with van der Waals surface area (Å²) in [5.74, 6) is -0.875. The maximum Gasteiger partial charge on any atom is 0.347 e. The van der Waals surface area contributed by atoms with Crippen LogP contribution in [0.1, 0.15) is 41.1 Å². The summed E-state index contributed by atoms with van der Waals surface area (Å²) in [6.45, 7) is 6.66. The first kappa shape index (κ1) is 12.1. The van der Waals surface area contributed by atoms with Crippen molar-refractivity contribution in [3.8, 4) is 0 Å². The van der Waals surface area contributed by atoms with Crippen LogP contribution in [0, 0.1) is 0 Å². The molecule has 0 saturated carbocycles. The van der Waals surface area contributed by atoms with E-state index in [9.17, 15) is 4.79 Å². The summed E-state index contributed by atoms with van der Waals surface area (Å²) >= 11 is 1.26. The molecule has 0 atom stereocenters. The predicted octanol–water partition coefficient (Wildman–Crippen LogP) is 1.90. The minimum Gasteiger partial charge on any atom is -0.477 e. The van der Waals surface area contributed by atoms with Gasteiger partial charge in [-0.05, 0) is 6.42 Å². The van der Waals surface area contributed by atoms with Crippen molar-refractivity contribution < 1.29 is 9.90 Å². The van der Waals surface area contributed by atoms with E-state index in [1.807, 2.05) is 20.8 Å². The molecule has 1 heterocycles. The lowest BCUT2D eigenvalue weighted by Gasteiger charge is -2.04. The molecule has 4 nitrogen and oxygen atoms in total. The lowest BCUT2D eigenvalue weighted by molar-refractivity contribution is 0.0701. The normalized spacial score (nSPS) is 10.9. The summed E-state index contributed by atoms with van der Waals surface area (Å²) in [6, 6.07) is 0.382. The summed E-state index contributed by atoms with van der Waals surface area (Å²) < 4.78 is 0. The highest BCUT2D eigenvalue weighted by Gasteiger charge is 2.15. The number of hydrogen-bond donors (Lipinski definition) is 2. The highest BCUT2D eigenvalue weighted by atomic mass is 32.1. The van der Waals surface area contributed by atoms with E-state index in [1.54, 1.807) is 0 Å². The average Bonchev–Trinajstić information content (AvgIpc) is 2.57. The van der Waals surface area contributed by atoms with Gasteiger partial charge < -0.3 is 10.4 Å². The third-order valence-corrected chi connectivity index (χ3v) is 3.02. The molecule has 2 N–H and O–H groups in total. The molecule has 0 radical (unpaired) electrons. The zero-order valence-corrected chi connectivity index (χ0v) is 10.0. The van der Waals surface area contributed by atoms with Crippen molar-refractivity contribution in [2.75, 3.05) is 0 Å². The smallest absolute Gasteiger partial charge is 0.347 e. The van der Waals surface area contributed by atoms with Crippen LogP contribution < -0.4 is 5.32 Å².